The lowest BCUT2D eigenvalue weighted by Gasteiger charge is -2.21. The molecular weight excluding hydrogens is 647 g/mol. The highest BCUT2D eigenvalue weighted by atomic mass is 35.5. The highest BCUT2D eigenvalue weighted by molar-refractivity contribution is 6.48. The molecule has 39 heavy (non-hydrogen) atoms. The van der Waals surface area contributed by atoms with Crippen molar-refractivity contribution in [3.8, 4) is 0 Å². The molecule has 0 spiro atoms. The smallest absolute Gasteiger partial charge is 0.267 e. The number of benzene rings is 2. The molecule has 208 valence electrons. The van der Waals surface area contributed by atoms with E-state index in [9.17, 15) is 31.1 Å². The standard InChI is InChI=1S/C22H10Cl5F7N4O/c23-13-4-9(5-14(24)18(13)26)11(21(29,30)31)6-15(28)8-1-2-10(12(3-8)22(32,33)34)20(39)38(35)16-7-17(25)36-37-19(16)27/h1-7,11H,35H2/b15-6-. The van der Waals surface area contributed by atoms with Crippen LogP contribution in [0, 0.1) is 0 Å². The molecule has 0 saturated carbocycles. The van der Waals surface area contributed by atoms with Gasteiger partial charge in [-0.15, -0.1) is 10.2 Å². The fourth-order valence-electron chi connectivity index (χ4n) is 3.24. The first-order valence-corrected chi connectivity index (χ1v) is 11.9. The van der Waals surface area contributed by atoms with E-state index in [1.807, 2.05) is 0 Å². The number of nitrogens with two attached hydrogens (primary N) is 1. The molecular formula is C22H10Cl5F7N4O. The van der Waals surface area contributed by atoms with Crippen molar-refractivity contribution in [2.45, 2.75) is 18.3 Å². The van der Waals surface area contributed by atoms with Gasteiger partial charge in [0.25, 0.3) is 5.91 Å². The van der Waals surface area contributed by atoms with Gasteiger partial charge in [0, 0.05) is 11.6 Å². The number of anilines is 1. The van der Waals surface area contributed by atoms with Crippen molar-refractivity contribution in [2.24, 2.45) is 5.84 Å². The number of alkyl halides is 6. The highest BCUT2D eigenvalue weighted by Gasteiger charge is 2.41. The molecule has 1 amide bonds. The van der Waals surface area contributed by atoms with E-state index in [-0.39, 0.29) is 37.4 Å². The van der Waals surface area contributed by atoms with Crippen LogP contribution < -0.4 is 10.9 Å². The van der Waals surface area contributed by atoms with Gasteiger partial charge in [0.05, 0.1) is 26.2 Å². The summed E-state index contributed by atoms with van der Waals surface area (Å²) in [5.74, 6) is -0.210. The Hall–Kier alpha value is -2.35. The average molecular weight is 657 g/mol. The maximum Gasteiger partial charge on any atom is 0.417 e. The molecule has 1 heterocycles. The maximum absolute atomic E-state index is 15.0. The number of carbonyl (C=O) groups excluding carboxylic acids is 1. The second kappa shape index (κ2) is 11.6. The molecule has 1 unspecified atom stereocenters. The first-order chi connectivity index (χ1) is 17.9. The summed E-state index contributed by atoms with van der Waals surface area (Å²) in [6, 6.07) is 3.89. The molecule has 0 aliphatic heterocycles. The molecule has 17 heteroatoms. The lowest BCUT2D eigenvalue weighted by atomic mass is 9.95. The Balaban J connectivity index is 2.10. The van der Waals surface area contributed by atoms with E-state index in [4.69, 9.17) is 63.8 Å². The zero-order valence-corrected chi connectivity index (χ0v) is 22.3. The number of aromatic nitrogens is 2. The summed E-state index contributed by atoms with van der Waals surface area (Å²) in [4.78, 5) is 12.8. The number of amides is 1. The molecule has 0 radical (unpaired) electrons. The van der Waals surface area contributed by atoms with Crippen molar-refractivity contribution in [3.05, 3.63) is 90.1 Å². The number of rotatable bonds is 5. The fourth-order valence-corrected chi connectivity index (χ4v) is 4.18. The molecule has 1 aromatic heterocycles. The van der Waals surface area contributed by atoms with E-state index in [1.165, 1.54) is 0 Å². The minimum atomic E-state index is -5.26. The Morgan fingerprint density at radius 3 is 2.05 bits per heavy atom. The summed E-state index contributed by atoms with van der Waals surface area (Å²) in [6.07, 6.45) is -10.3. The molecule has 0 fully saturated rings. The van der Waals surface area contributed by atoms with Crippen LogP contribution in [0.5, 0.6) is 0 Å². The number of hydrazine groups is 1. The number of hydrogen-bond acceptors (Lipinski definition) is 4. The Kier molecular flexibility index (Phi) is 9.30. The van der Waals surface area contributed by atoms with Crippen LogP contribution in [0.3, 0.4) is 0 Å². The average Bonchev–Trinajstić information content (AvgIpc) is 2.84. The third kappa shape index (κ3) is 7.05. The van der Waals surface area contributed by atoms with Gasteiger partial charge in [0.2, 0.25) is 0 Å². The Bertz CT molecular complexity index is 1440. The van der Waals surface area contributed by atoms with Gasteiger partial charge < -0.3 is 0 Å². The lowest BCUT2D eigenvalue weighted by molar-refractivity contribution is -0.140. The van der Waals surface area contributed by atoms with Gasteiger partial charge in [0.15, 0.2) is 10.3 Å². The monoisotopic (exact) mass is 654 g/mol. The lowest BCUT2D eigenvalue weighted by Crippen LogP contribution is -2.39. The normalized spacial score (nSPS) is 13.4. The van der Waals surface area contributed by atoms with Crippen LogP contribution >= 0.6 is 58.0 Å². The number of nitrogens with zero attached hydrogens (tertiary/aromatic N) is 3. The molecule has 0 saturated heterocycles. The number of allylic oxidation sites excluding steroid dienone is 1. The summed E-state index contributed by atoms with van der Waals surface area (Å²) in [7, 11) is 0. The SMILES string of the molecule is NN(C(=O)c1ccc(/C(F)=C/C(c2cc(Cl)c(Cl)c(Cl)c2)C(F)(F)F)cc1C(F)(F)F)c1cc(Cl)nnc1Cl. The second-order valence-corrected chi connectivity index (χ2v) is 9.55. The van der Waals surface area contributed by atoms with Crippen molar-refractivity contribution in [2.75, 3.05) is 5.01 Å². The summed E-state index contributed by atoms with van der Waals surface area (Å²) < 4.78 is 98.0. The van der Waals surface area contributed by atoms with Crippen molar-refractivity contribution < 1.29 is 35.5 Å². The van der Waals surface area contributed by atoms with Crippen LogP contribution in [0.1, 0.15) is 33.0 Å². The molecule has 2 N–H and O–H groups in total. The first-order valence-electron chi connectivity index (χ1n) is 9.99. The third-order valence-corrected chi connectivity index (χ3v) is 6.69. The van der Waals surface area contributed by atoms with Crippen LogP contribution in [0.15, 0.2) is 42.5 Å². The van der Waals surface area contributed by atoms with Crippen LogP contribution in [0.4, 0.5) is 36.4 Å². The van der Waals surface area contributed by atoms with E-state index in [2.05, 4.69) is 10.2 Å². The summed E-state index contributed by atoms with van der Waals surface area (Å²) in [5, 5.41) is 5.23. The summed E-state index contributed by atoms with van der Waals surface area (Å²) in [5.41, 5.74) is -4.73. The topological polar surface area (TPSA) is 72.1 Å². The molecule has 2 aromatic carbocycles. The molecule has 0 aliphatic carbocycles. The predicted molar refractivity (Wildman–Crippen MR) is 134 cm³/mol. The number of hydrogen-bond donors (Lipinski definition) is 1. The Morgan fingerprint density at radius 2 is 1.51 bits per heavy atom. The van der Waals surface area contributed by atoms with Crippen LogP contribution in [0.25, 0.3) is 5.83 Å². The number of carbonyl (C=O) groups is 1. The maximum atomic E-state index is 15.0. The van der Waals surface area contributed by atoms with Gasteiger partial charge in [-0.05, 0) is 35.9 Å². The fraction of sp³-hybridized carbons (Fsp3) is 0.136. The zero-order valence-electron chi connectivity index (χ0n) is 18.5. The number of halogens is 12. The van der Waals surface area contributed by atoms with Crippen LogP contribution in [0.2, 0.25) is 25.4 Å². The van der Waals surface area contributed by atoms with Gasteiger partial charge in [-0.2, -0.15) is 26.3 Å². The third-order valence-electron chi connectivity index (χ3n) is 5.04. The molecule has 5 nitrogen and oxygen atoms in total. The van der Waals surface area contributed by atoms with Crippen molar-refractivity contribution in [3.63, 3.8) is 0 Å². The van der Waals surface area contributed by atoms with Crippen molar-refractivity contribution in [1.82, 2.24) is 10.2 Å². The zero-order chi connectivity index (χ0) is 29.4. The van der Waals surface area contributed by atoms with Gasteiger partial charge in [0.1, 0.15) is 17.4 Å². The Morgan fingerprint density at radius 1 is 0.923 bits per heavy atom. The van der Waals surface area contributed by atoms with Gasteiger partial charge in [-0.1, -0.05) is 64.1 Å². The molecule has 3 rings (SSSR count). The highest BCUT2D eigenvalue weighted by Crippen LogP contribution is 2.43. The van der Waals surface area contributed by atoms with E-state index < -0.39 is 63.1 Å². The molecule has 0 aliphatic rings. The molecule has 0 bridgehead atoms. The van der Waals surface area contributed by atoms with Gasteiger partial charge in [-0.3, -0.25) is 4.79 Å². The van der Waals surface area contributed by atoms with E-state index in [0.717, 1.165) is 18.2 Å². The first kappa shape index (κ1) is 31.2. The Labute approximate surface area is 239 Å². The largest absolute Gasteiger partial charge is 0.417 e. The van der Waals surface area contributed by atoms with Crippen molar-refractivity contribution in [1.29, 1.82) is 0 Å². The van der Waals surface area contributed by atoms with E-state index in [1.54, 1.807) is 0 Å². The summed E-state index contributed by atoms with van der Waals surface area (Å²) in [6.45, 7) is 0. The quantitative estimate of drug-likeness (QED) is 0.0979. The predicted octanol–water partition coefficient (Wildman–Crippen LogP) is 8.94. The van der Waals surface area contributed by atoms with Crippen molar-refractivity contribution >= 4 is 75.4 Å². The van der Waals surface area contributed by atoms with E-state index >= 15 is 4.39 Å². The van der Waals surface area contributed by atoms with Crippen LogP contribution in [-0.4, -0.2) is 22.3 Å². The summed E-state index contributed by atoms with van der Waals surface area (Å²) >= 11 is 28.7. The van der Waals surface area contributed by atoms with Gasteiger partial charge >= 0.3 is 12.4 Å². The minimum Gasteiger partial charge on any atom is -0.267 e. The second-order valence-electron chi connectivity index (χ2n) is 7.61. The molecule has 3 aromatic rings. The van der Waals surface area contributed by atoms with Crippen LogP contribution in [-0.2, 0) is 6.18 Å². The minimum absolute atomic E-state index is 0.0343. The van der Waals surface area contributed by atoms with E-state index in [0.29, 0.717) is 12.1 Å². The molecule has 1 atom stereocenters. The van der Waals surface area contributed by atoms with Gasteiger partial charge in [-0.25, -0.2) is 15.2 Å².